The Hall–Kier alpha value is -3.28. The number of hydrogen-bond acceptors (Lipinski definition) is 4. The van der Waals surface area contributed by atoms with E-state index in [1.54, 1.807) is 56.0 Å². The normalized spacial score (nSPS) is 16.0. The Morgan fingerprint density at radius 1 is 0.875 bits per heavy atom. The van der Waals surface area contributed by atoms with Gasteiger partial charge in [-0.15, -0.1) is 0 Å². The highest BCUT2D eigenvalue weighted by Gasteiger charge is 2.37. The molecule has 1 atom stereocenters. The lowest BCUT2D eigenvalue weighted by molar-refractivity contribution is -0.143. The minimum absolute atomic E-state index is 0.0840. The molecule has 0 aliphatic carbocycles. The van der Waals surface area contributed by atoms with E-state index in [4.69, 9.17) is 4.74 Å². The molecule has 1 fully saturated rings. The molecule has 1 aliphatic rings. The Bertz CT molecular complexity index is 1140. The molecule has 2 amide bonds. The van der Waals surface area contributed by atoms with E-state index < -0.39 is 41.2 Å². The fourth-order valence-corrected chi connectivity index (χ4v) is 4.41. The highest BCUT2D eigenvalue weighted by atomic mass is 19.4. The van der Waals surface area contributed by atoms with E-state index in [9.17, 15) is 35.9 Å². The second-order valence-corrected chi connectivity index (χ2v) is 10.7. The third-order valence-corrected chi connectivity index (χ3v) is 6.44. The van der Waals surface area contributed by atoms with Gasteiger partial charge in [-0.05, 0) is 56.5 Å². The second kappa shape index (κ2) is 12.1. The van der Waals surface area contributed by atoms with Gasteiger partial charge in [0.05, 0.1) is 11.1 Å². The molecule has 0 spiro atoms. The summed E-state index contributed by atoms with van der Waals surface area (Å²) in [5.74, 6) is -0.361. The van der Waals surface area contributed by atoms with Crippen LogP contribution in [0.2, 0.25) is 0 Å². The highest BCUT2D eigenvalue weighted by molar-refractivity contribution is 5.83. The highest BCUT2D eigenvalue weighted by Crippen LogP contribution is 2.36. The van der Waals surface area contributed by atoms with Crippen molar-refractivity contribution in [2.24, 2.45) is 0 Å². The fraction of sp³-hybridized carbons (Fsp3) is 0.500. The molecular weight excluding hydrogens is 540 g/mol. The molecule has 0 saturated carbocycles. The van der Waals surface area contributed by atoms with Crippen LogP contribution in [-0.4, -0.2) is 72.1 Å². The molecule has 1 aliphatic heterocycles. The molecule has 1 unspecified atom stereocenters. The summed E-state index contributed by atoms with van der Waals surface area (Å²) in [7, 11) is 1.47. The molecule has 40 heavy (non-hydrogen) atoms. The zero-order valence-corrected chi connectivity index (χ0v) is 22.8. The number of alkyl halides is 6. The maximum absolute atomic E-state index is 13.6. The van der Waals surface area contributed by atoms with Gasteiger partial charge >= 0.3 is 18.4 Å². The van der Waals surface area contributed by atoms with Gasteiger partial charge in [0.15, 0.2) is 0 Å². The zero-order valence-electron chi connectivity index (χ0n) is 22.8. The third kappa shape index (κ3) is 8.36. The minimum Gasteiger partial charge on any atom is -0.444 e. The monoisotopic (exact) mass is 573 g/mol. The van der Waals surface area contributed by atoms with Gasteiger partial charge in [0.25, 0.3) is 0 Å². The van der Waals surface area contributed by atoms with Gasteiger partial charge in [-0.25, -0.2) is 4.79 Å². The van der Waals surface area contributed by atoms with Crippen LogP contribution in [0.1, 0.15) is 49.1 Å². The Balaban J connectivity index is 1.76. The van der Waals surface area contributed by atoms with Crippen molar-refractivity contribution in [2.75, 3.05) is 39.8 Å². The number of amides is 2. The summed E-state index contributed by atoms with van der Waals surface area (Å²) in [4.78, 5) is 30.9. The van der Waals surface area contributed by atoms with E-state index in [-0.39, 0.29) is 30.5 Å². The first-order chi connectivity index (χ1) is 18.5. The molecule has 6 nitrogen and oxygen atoms in total. The van der Waals surface area contributed by atoms with Gasteiger partial charge < -0.3 is 14.5 Å². The number of halogens is 6. The van der Waals surface area contributed by atoms with Crippen LogP contribution in [-0.2, 0) is 28.3 Å². The van der Waals surface area contributed by atoms with Crippen LogP contribution in [0.25, 0.3) is 0 Å². The predicted molar refractivity (Wildman–Crippen MR) is 136 cm³/mol. The standard InChI is InChI=1S/C28H33F6N3O3/c1-26(2,3)40-25(39)37-14-12-36(13-15-37)23(20-8-6-5-7-9-20)24(38)35(4)11-10-19-16-21(27(29,30)31)18-22(17-19)28(32,33)34/h5-9,16-18,23H,10-15H2,1-4H3. The van der Waals surface area contributed by atoms with Crippen molar-refractivity contribution in [1.29, 1.82) is 0 Å². The van der Waals surface area contributed by atoms with Gasteiger partial charge in [-0.2, -0.15) is 26.3 Å². The van der Waals surface area contributed by atoms with E-state index in [2.05, 4.69) is 0 Å². The molecule has 0 radical (unpaired) electrons. The summed E-state index contributed by atoms with van der Waals surface area (Å²) < 4.78 is 84.9. The molecule has 3 rings (SSSR count). The van der Waals surface area contributed by atoms with Crippen molar-refractivity contribution in [2.45, 2.75) is 51.2 Å². The molecule has 0 bridgehead atoms. The molecular formula is C28H33F6N3O3. The predicted octanol–water partition coefficient (Wildman–Crippen LogP) is 6.02. The van der Waals surface area contributed by atoms with Gasteiger partial charge in [-0.3, -0.25) is 9.69 Å². The van der Waals surface area contributed by atoms with Gasteiger partial charge in [0.1, 0.15) is 11.6 Å². The molecule has 2 aromatic carbocycles. The zero-order chi connectivity index (χ0) is 29.9. The largest absolute Gasteiger partial charge is 0.444 e. The Labute approximate surface area is 229 Å². The van der Waals surface area contributed by atoms with Crippen LogP contribution in [0.15, 0.2) is 48.5 Å². The number of ether oxygens (including phenoxy) is 1. The van der Waals surface area contributed by atoms with Crippen molar-refractivity contribution < 1.29 is 40.7 Å². The van der Waals surface area contributed by atoms with Crippen LogP contribution in [0, 0.1) is 0 Å². The number of benzene rings is 2. The van der Waals surface area contributed by atoms with Gasteiger partial charge in [0, 0.05) is 39.8 Å². The maximum atomic E-state index is 13.6. The number of hydrogen-bond donors (Lipinski definition) is 0. The summed E-state index contributed by atoms with van der Waals surface area (Å²) in [5.41, 5.74) is -2.93. The number of likely N-dealkylation sites (N-methyl/N-ethyl adjacent to an activating group) is 1. The lowest BCUT2D eigenvalue weighted by Crippen LogP contribution is -2.53. The quantitative estimate of drug-likeness (QED) is 0.397. The van der Waals surface area contributed by atoms with Crippen molar-refractivity contribution in [3.63, 3.8) is 0 Å². The molecule has 2 aromatic rings. The summed E-state index contributed by atoms with van der Waals surface area (Å²) in [6.07, 6.45) is -10.6. The lowest BCUT2D eigenvalue weighted by Gasteiger charge is -2.40. The molecule has 0 aromatic heterocycles. The summed E-state index contributed by atoms with van der Waals surface area (Å²) in [6, 6.07) is 9.58. The van der Waals surface area contributed by atoms with E-state index >= 15 is 0 Å². The maximum Gasteiger partial charge on any atom is 0.416 e. The second-order valence-electron chi connectivity index (χ2n) is 10.7. The van der Waals surface area contributed by atoms with Crippen molar-refractivity contribution in [3.05, 3.63) is 70.8 Å². The SMILES string of the molecule is CN(CCc1cc(C(F)(F)F)cc(C(F)(F)F)c1)C(=O)C(c1ccccc1)N1CCN(C(=O)OC(C)(C)C)CC1. The average Bonchev–Trinajstić information content (AvgIpc) is 2.86. The van der Waals surface area contributed by atoms with Crippen LogP contribution >= 0.6 is 0 Å². The smallest absolute Gasteiger partial charge is 0.416 e. The lowest BCUT2D eigenvalue weighted by atomic mass is 10.0. The number of piperazine rings is 1. The first kappa shape index (κ1) is 31.3. The van der Waals surface area contributed by atoms with Crippen molar-refractivity contribution in [1.82, 2.24) is 14.7 Å². The molecule has 12 heteroatoms. The average molecular weight is 574 g/mol. The number of carbonyl (C=O) groups excluding carboxylic acids is 2. The number of carbonyl (C=O) groups is 2. The Morgan fingerprint density at radius 3 is 1.88 bits per heavy atom. The minimum atomic E-state index is -4.95. The van der Waals surface area contributed by atoms with Gasteiger partial charge in [0.2, 0.25) is 5.91 Å². The summed E-state index contributed by atoms with van der Waals surface area (Å²) in [5, 5.41) is 0. The number of rotatable bonds is 6. The first-order valence-corrected chi connectivity index (χ1v) is 12.8. The van der Waals surface area contributed by atoms with Crippen LogP contribution in [0.3, 0.4) is 0 Å². The molecule has 1 heterocycles. The fourth-order valence-electron chi connectivity index (χ4n) is 4.41. The summed E-state index contributed by atoms with van der Waals surface area (Å²) in [6.45, 7) is 6.57. The van der Waals surface area contributed by atoms with Crippen LogP contribution < -0.4 is 0 Å². The molecule has 0 N–H and O–H groups in total. The topological polar surface area (TPSA) is 53.1 Å². The van der Waals surface area contributed by atoms with Crippen LogP contribution in [0.4, 0.5) is 31.1 Å². The first-order valence-electron chi connectivity index (χ1n) is 12.8. The van der Waals surface area contributed by atoms with Crippen molar-refractivity contribution >= 4 is 12.0 Å². The Kier molecular flexibility index (Phi) is 9.43. The molecule has 220 valence electrons. The van der Waals surface area contributed by atoms with E-state index in [0.29, 0.717) is 43.9 Å². The van der Waals surface area contributed by atoms with E-state index in [1.165, 1.54) is 11.9 Å². The molecule has 1 saturated heterocycles. The summed E-state index contributed by atoms with van der Waals surface area (Å²) >= 11 is 0. The third-order valence-electron chi connectivity index (χ3n) is 6.44. The van der Waals surface area contributed by atoms with E-state index in [0.717, 1.165) is 0 Å². The van der Waals surface area contributed by atoms with Gasteiger partial charge in [-0.1, -0.05) is 30.3 Å². The Morgan fingerprint density at radius 2 is 1.40 bits per heavy atom. The van der Waals surface area contributed by atoms with Crippen LogP contribution in [0.5, 0.6) is 0 Å². The number of nitrogens with zero attached hydrogens (tertiary/aromatic N) is 3. The van der Waals surface area contributed by atoms with E-state index in [1.807, 2.05) is 4.90 Å². The van der Waals surface area contributed by atoms with Crippen molar-refractivity contribution in [3.8, 4) is 0 Å².